The Kier molecular flexibility index (Phi) is 5.92. The fourth-order valence-electron chi connectivity index (χ4n) is 2.45. The third-order valence-corrected chi connectivity index (χ3v) is 3.41. The first-order valence-electron chi connectivity index (χ1n) is 8.06. The van der Waals surface area contributed by atoms with E-state index in [0.717, 1.165) is 43.0 Å². The number of nitrogens with zero attached hydrogens (tertiary/aromatic N) is 2. The average molecular weight is 291 g/mol. The molecule has 0 atom stereocenters. The lowest BCUT2D eigenvalue weighted by atomic mass is 9.91. The van der Waals surface area contributed by atoms with Gasteiger partial charge in [-0.1, -0.05) is 20.8 Å². The van der Waals surface area contributed by atoms with Crippen LogP contribution in [0.1, 0.15) is 70.7 Å². The number of aromatic nitrogens is 2. The molecular formula is C18H33N3. The van der Waals surface area contributed by atoms with Gasteiger partial charge in [0.2, 0.25) is 0 Å². The fraction of sp³-hybridized carbons (Fsp3) is 0.778. The number of aryl methyl sites for hydroxylation is 2. The molecule has 1 aromatic rings. The molecule has 0 saturated heterocycles. The van der Waals surface area contributed by atoms with Gasteiger partial charge in [-0.05, 0) is 65.0 Å². The second-order valence-corrected chi connectivity index (χ2v) is 8.31. The fourth-order valence-corrected chi connectivity index (χ4v) is 2.45. The largest absolute Gasteiger partial charge is 0.312 e. The molecule has 21 heavy (non-hydrogen) atoms. The Labute approximate surface area is 131 Å². The predicted molar refractivity (Wildman–Crippen MR) is 90.7 cm³/mol. The summed E-state index contributed by atoms with van der Waals surface area (Å²) in [6.07, 6.45) is 3.11. The van der Waals surface area contributed by atoms with Crippen molar-refractivity contribution < 1.29 is 0 Å². The third-order valence-electron chi connectivity index (χ3n) is 3.41. The van der Waals surface area contributed by atoms with Crippen molar-refractivity contribution in [1.82, 2.24) is 15.3 Å². The number of hydrogen-bond acceptors (Lipinski definition) is 3. The molecule has 3 heteroatoms. The summed E-state index contributed by atoms with van der Waals surface area (Å²) < 4.78 is 0. The minimum atomic E-state index is 0.192. The normalized spacial score (nSPS) is 12.8. The zero-order valence-electron chi connectivity index (χ0n) is 15.2. The average Bonchev–Trinajstić information content (AvgIpc) is 2.22. The lowest BCUT2D eigenvalue weighted by molar-refractivity contribution is 0.399. The Morgan fingerprint density at radius 3 is 1.86 bits per heavy atom. The molecule has 0 unspecified atom stereocenters. The second-order valence-electron chi connectivity index (χ2n) is 8.31. The van der Waals surface area contributed by atoms with Crippen molar-refractivity contribution in [3.05, 3.63) is 22.8 Å². The van der Waals surface area contributed by atoms with Gasteiger partial charge in [-0.2, -0.15) is 0 Å². The summed E-state index contributed by atoms with van der Waals surface area (Å²) in [5, 5.41) is 3.53. The molecule has 0 aromatic carbocycles. The molecule has 1 N–H and O–H groups in total. The third kappa shape index (κ3) is 7.03. The van der Waals surface area contributed by atoms with E-state index in [0.29, 0.717) is 0 Å². The highest BCUT2D eigenvalue weighted by atomic mass is 14.9. The Bertz CT molecular complexity index is 441. The number of nitrogens with one attached hydrogen (secondary N) is 1. The lowest BCUT2D eigenvalue weighted by Gasteiger charge is -2.21. The van der Waals surface area contributed by atoms with Gasteiger partial charge in [-0.25, -0.2) is 9.97 Å². The summed E-state index contributed by atoms with van der Waals surface area (Å²) >= 11 is 0. The summed E-state index contributed by atoms with van der Waals surface area (Å²) in [4.78, 5) is 9.43. The van der Waals surface area contributed by atoms with Crippen molar-refractivity contribution in [2.24, 2.45) is 5.41 Å². The molecule has 0 bridgehead atoms. The van der Waals surface area contributed by atoms with Crippen LogP contribution in [0.4, 0.5) is 0 Å². The van der Waals surface area contributed by atoms with Gasteiger partial charge in [0.05, 0.1) is 0 Å². The molecule has 1 heterocycles. The number of rotatable bonds is 5. The Morgan fingerprint density at radius 2 is 1.43 bits per heavy atom. The van der Waals surface area contributed by atoms with E-state index in [1.807, 2.05) is 0 Å². The van der Waals surface area contributed by atoms with Crippen molar-refractivity contribution in [3.8, 4) is 0 Å². The molecular weight excluding hydrogens is 258 g/mol. The van der Waals surface area contributed by atoms with E-state index >= 15 is 0 Å². The van der Waals surface area contributed by atoms with E-state index < -0.39 is 0 Å². The number of hydrogen-bond donors (Lipinski definition) is 1. The minimum Gasteiger partial charge on any atom is -0.312 e. The molecule has 120 valence electrons. The molecule has 0 aliphatic heterocycles. The van der Waals surface area contributed by atoms with Crippen LogP contribution in [0.25, 0.3) is 0 Å². The molecule has 0 amide bonds. The first-order chi connectivity index (χ1) is 9.48. The highest BCUT2D eigenvalue weighted by Crippen LogP contribution is 2.20. The standard InChI is InChI=1S/C18H33N3/c1-13-15(10-9-11-19-18(6,7)8)14(2)21-16(20-13)12-17(3,4)5/h19H,9-12H2,1-8H3. The predicted octanol–water partition coefficient (Wildman–Crippen LogP) is 4.00. The summed E-state index contributed by atoms with van der Waals surface area (Å²) in [5.74, 6) is 0.981. The smallest absolute Gasteiger partial charge is 0.129 e. The van der Waals surface area contributed by atoms with Gasteiger partial charge in [0.15, 0.2) is 0 Å². The van der Waals surface area contributed by atoms with Crippen molar-refractivity contribution in [3.63, 3.8) is 0 Å². The summed E-state index contributed by atoms with van der Waals surface area (Å²) in [6.45, 7) is 18.6. The molecule has 0 spiro atoms. The monoisotopic (exact) mass is 291 g/mol. The topological polar surface area (TPSA) is 37.8 Å². The van der Waals surface area contributed by atoms with Crippen LogP contribution in [-0.2, 0) is 12.8 Å². The zero-order valence-corrected chi connectivity index (χ0v) is 15.2. The van der Waals surface area contributed by atoms with E-state index in [1.165, 1.54) is 5.56 Å². The molecule has 0 aliphatic rings. The maximum atomic E-state index is 4.72. The molecule has 3 nitrogen and oxygen atoms in total. The van der Waals surface area contributed by atoms with Gasteiger partial charge in [0.1, 0.15) is 5.82 Å². The van der Waals surface area contributed by atoms with E-state index in [9.17, 15) is 0 Å². The van der Waals surface area contributed by atoms with Crippen LogP contribution < -0.4 is 5.32 Å². The van der Waals surface area contributed by atoms with Gasteiger partial charge < -0.3 is 5.32 Å². The van der Waals surface area contributed by atoms with Gasteiger partial charge in [0.25, 0.3) is 0 Å². The molecule has 1 rings (SSSR count). The van der Waals surface area contributed by atoms with Crippen molar-refractivity contribution in [2.45, 2.75) is 80.2 Å². The second kappa shape index (κ2) is 6.87. The highest BCUT2D eigenvalue weighted by molar-refractivity contribution is 5.24. The van der Waals surface area contributed by atoms with Crippen LogP contribution in [0.3, 0.4) is 0 Å². The van der Waals surface area contributed by atoms with Crippen LogP contribution in [0.2, 0.25) is 0 Å². The van der Waals surface area contributed by atoms with E-state index in [2.05, 4.69) is 60.7 Å². The van der Waals surface area contributed by atoms with Crippen LogP contribution in [0.15, 0.2) is 0 Å². The molecule has 1 aromatic heterocycles. The van der Waals surface area contributed by atoms with E-state index in [1.54, 1.807) is 0 Å². The van der Waals surface area contributed by atoms with Crippen molar-refractivity contribution >= 4 is 0 Å². The lowest BCUT2D eigenvalue weighted by Crippen LogP contribution is -2.36. The molecule has 0 radical (unpaired) electrons. The van der Waals surface area contributed by atoms with Gasteiger partial charge in [0, 0.05) is 23.3 Å². The van der Waals surface area contributed by atoms with Gasteiger partial charge >= 0.3 is 0 Å². The first kappa shape index (κ1) is 18.1. The van der Waals surface area contributed by atoms with Crippen molar-refractivity contribution in [1.29, 1.82) is 0 Å². The Morgan fingerprint density at radius 1 is 0.905 bits per heavy atom. The van der Waals surface area contributed by atoms with Crippen molar-refractivity contribution in [2.75, 3.05) is 6.54 Å². The van der Waals surface area contributed by atoms with Gasteiger partial charge in [-0.15, -0.1) is 0 Å². The minimum absolute atomic E-state index is 0.192. The summed E-state index contributed by atoms with van der Waals surface area (Å²) in [6, 6.07) is 0. The highest BCUT2D eigenvalue weighted by Gasteiger charge is 2.16. The maximum Gasteiger partial charge on any atom is 0.129 e. The summed E-state index contributed by atoms with van der Waals surface area (Å²) in [5.41, 5.74) is 4.05. The Balaban J connectivity index is 2.68. The van der Waals surface area contributed by atoms with Crippen LogP contribution >= 0.6 is 0 Å². The van der Waals surface area contributed by atoms with E-state index in [-0.39, 0.29) is 11.0 Å². The van der Waals surface area contributed by atoms with Crippen LogP contribution in [0, 0.1) is 19.3 Å². The van der Waals surface area contributed by atoms with Crippen LogP contribution in [0.5, 0.6) is 0 Å². The molecule has 0 aliphatic carbocycles. The first-order valence-corrected chi connectivity index (χ1v) is 8.06. The SMILES string of the molecule is Cc1nc(CC(C)(C)C)nc(C)c1CCCNC(C)(C)C. The van der Waals surface area contributed by atoms with Gasteiger partial charge in [-0.3, -0.25) is 0 Å². The molecule has 0 saturated carbocycles. The Hall–Kier alpha value is -0.960. The van der Waals surface area contributed by atoms with Crippen LogP contribution in [-0.4, -0.2) is 22.1 Å². The summed E-state index contributed by atoms with van der Waals surface area (Å²) in [7, 11) is 0. The molecule has 0 fully saturated rings. The van der Waals surface area contributed by atoms with E-state index in [4.69, 9.17) is 9.97 Å². The quantitative estimate of drug-likeness (QED) is 0.833. The zero-order chi connectivity index (χ0) is 16.3. The maximum absolute atomic E-state index is 4.72.